The molecule has 0 fully saturated rings. The second-order valence-electron chi connectivity index (χ2n) is 7.35. The number of allylic oxidation sites excluding steroid dienone is 1. The van der Waals surface area contributed by atoms with Crippen LogP contribution in [0.2, 0.25) is 0 Å². The molecule has 0 N–H and O–H groups in total. The normalized spacial score (nSPS) is 16.4. The van der Waals surface area contributed by atoms with Gasteiger partial charge in [-0.1, -0.05) is 52.7 Å². The van der Waals surface area contributed by atoms with Crippen LogP contribution in [-0.4, -0.2) is 11.6 Å². The van der Waals surface area contributed by atoms with Crippen LogP contribution in [0.15, 0.2) is 12.2 Å². The maximum atomic E-state index is 12.1. The molecule has 0 aromatic heterocycles. The van der Waals surface area contributed by atoms with Crippen LogP contribution in [0.4, 0.5) is 0 Å². The van der Waals surface area contributed by atoms with Gasteiger partial charge in [0.05, 0.1) is 5.92 Å². The number of hydrogen-bond acceptors (Lipinski definition) is 2. The van der Waals surface area contributed by atoms with Crippen molar-refractivity contribution < 1.29 is 9.53 Å². The quantitative estimate of drug-likeness (QED) is 0.442. The van der Waals surface area contributed by atoms with Gasteiger partial charge in [0, 0.05) is 0 Å². The molecule has 0 aliphatic heterocycles. The van der Waals surface area contributed by atoms with E-state index in [4.69, 9.17) is 4.74 Å². The summed E-state index contributed by atoms with van der Waals surface area (Å²) in [7, 11) is 0. The summed E-state index contributed by atoms with van der Waals surface area (Å²) in [5.74, 6) is 0.801. The highest BCUT2D eigenvalue weighted by molar-refractivity contribution is 5.72. The minimum absolute atomic E-state index is 0.0764. The highest BCUT2D eigenvalue weighted by Crippen LogP contribution is 2.26. The predicted octanol–water partition coefficient (Wildman–Crippen LogP) is 5.37. The van der Waals surface area contributed by atoms with Crippen LogP contribution in [0.1, 0.15) is 74.1 Å². The Labute approximate surface area is 126 Å². The van der Waals surface area contributed by atoms with Crippen molar-refractivity contribution in [2.45, 2.75) is 79.8 Å². The zero-order valence-electron chi connectivity index (χ0n) is 14.6. The summed E-state index contributed by atoms with van der Waals surface area (Å²) in [4.78, 5) is 12.1. The Morgan fingerprint density at radius 3 is 2.15 bits per heavy atom. The van der Waals surface area contributed by atoms with Gasteiger partial charge in [0.2, 0.25) is 0 Å². The molecule has 0 aromatic rings. The van der Waals surface area contributed by atoms with E-state index in [0.29, 0.717) is 5.92 Å². The molecule has 0 heterocycles. The molecule has 0 saturated heterocycles. The Morgan fingerprint density at radius 2 is 1.70 bits per heavy atom. The van der Waals surface area contributed by atoms with E-state index in [0.717, 1.165) is 12.8 Å². The molecule has 0 saturated carbocycles. The number of esters is 1. The summed E-state index contributed by atoms with van der Waals surface area (Å²) in [6, 6.07) is 0. The van der Waals surface area contributed by atoms with E-state index in [9.17, 15) is 4.79 Å². The number of carbonyl (C=O) groups is 1. The van der Waals surface area contributed by atoms with Gasteiger partial charge in [-0.2, -0.15) is 0 Å². The second kappa shape index (κ2) is 8.49. The molecule has 118 valence electrons. The average molecular weight is 282 g/mol. The summed E-state index contributed by atoms with van der Waals surface area (Å²) in [6.07, 6.45) is 4.45. The van der Waals surface area contributed by atoms with Crippen molar-refractivity contribution >= 4 is 5.97 Å². The van der Waals surface area contributed by atoms with Gasteiger partial charge >= 0.3 is 5.97 Å². The van der Waals surface area contributed by atoms with Crippen LogP contribution in [0.3, 0.4) is 0 Å². The third-order valence-corrected chi connectivity index (χ3v) is 3.66. The third-order valence-electron chi connectivity index (χ3n) is 3.66. The largest absolute Gasteiger partial charge is 0.460 e. The highest BCUT2D eigenvalue weighted by Gasteiger charge is 2.26. The topological polar surface area (TPSA) is 26.3 Å². The van der Waals surface area contributed by atoms with Crippen LogP contribution in [0, 0.1) is 17.8 Å². The maximum Gasteiger partial charge on any atom is 0.309 e. The van der Waals surface area contributed by atoms with Crippen molar-refractivity contribution in [2.24, 2.45) is 17.8 Å². The van der Waals surface area contributed by atoms with Crippen LogP contribution >= 0.6 is 0 Å². The summed E-state index contributed by atoms with van der Waals surface area (Å²) >= 11 is 0. The zero-order chi connectivity index (χ0) is 15.9. The molecule has 20 heavy (non-hydrogen) atoms. The lowest BCUT2D eigenvalue weighted by molar-refractivity contribution is -0.161. The van der Waals surface area contributed by atoms with E-state index < -0.39 is 5.60 Å². The highest BCUT2D eigenvalue weighted by atomic mass is 16.6. The van der Waals surface area contributed by atoms with Crippen LogP contribution in [0.25, 0.3) is 0 Å². The molecule has 0 bridgehead atoms. The van der Waals surface area contributed by atoms with E-state index in [-0.39, 0.29) is 17.8 Å². The molecule has 3 unspecified atom stereocenters. The fourth-order valence-corrected chi connectivity index (χ4v) is 2.43. The summed E-state index contributed by atoms with van der Waals surface area (Å²) < 4.78 is 5.45. The first-order valence-electron chi connectivity index (χ1n) is 7.96. The first-order valence-corrected chi connectivity index (χ1v) is 7.96. The van der Waals surface area contributed by atoms with Gasteiger partial charge in [0.1, 0.15) is 5.60 Å². The first-order chi connectivity index (χ1) is 9.06. The fraction of sp³-hybridized carbons (Fsp3) is 0.833. The van der Waals surface area contributed by atoms with Crippen molar-refractivity contribution in [1.29, 1.82) is 0 Å². The second-order valence-corrected chi connectivity index (χ2v) is 7.35. The van der Waals surface area contributed by atoms with E-state index in [1.54, 1.807) is 0 Å². The van der Waals surface area contributed by atoms with Crippen LogP contribution in [0.5, 0.6) is 0 Å². The van der Waals surface area contributed by atoms with Crippen LogP contribution in [-0.2, 0) is 9.53 Å². The SMILES string of the molecule is C=C(CC(C)CCC)CC(C)C(C)C(=O)OC(C)(C)C. The molecule has 0 rings (SSSR count). The molecule has 0 aliphatic rings. The summed E-state index contributed by atoms with van der Waals surface area (Å²) in [5.41, 5.74) is 0.853. The molecule has 0 aliphatic carbocycles. The number of carbonyl (C=O) groups excluding carboxylic acids is 1. The van der Waals surface area contributed by atoms with Crippen molar-refractivity contribution in [3.8, 4) is 0 Å². The fourth-order valence-electron chi connectivity index (χ4n) is 2.43. The molecule has 0 aromatic carbocycles. The van der Waals surface area contributed by atoms with Crippen molar-refractivity contribution in [2.75, 3.05) is 0 Å². The molecule has 0 amide bonds. The first kappa shape index (κ1) is 19.2. The Morgan fingerprint density at radius 1 is 1.15 bits per heavy atom. The summed E-state index contributed by atoms with van der Waals surface area (Å²) in [6.45, 7) is 18.5. The van der Waals surface area contributed by atoms with Gasteiger partial charge in [0.25, 0.3) is 0 Å². The minimum Gasteiger partial charge on any atom is -0.460 e. The number of ether oxygens (including phenoxy) is 1. The monoisotopic (exact) mass is 282 g/mol. The van der Waals surface area contributed by atoms with Gasteiger partial charge in [-0.25, -0.2) is 0 Å². The lowest BCUT2D eigenvalue weighted by Gasteiger charge is -2.26. The molecule has 0 spiro atoms. The van der Waals surface area contributed by atoms with E-state index in [2.05, 4.69) is 27.4 Å². The number of hydrogen-bond donors (Lipinski definition) is 0. The van der Waals surface area contributed by atoms with Crippen molar-refractivity contribution in [3.63, 3.8) is 0 Å². The van der Waals surface area contributed by atoms with Crippen LogP contribution < -0.4 is 0 Å². The van der Waals surface area contributed by atoms with Crippen molar-refractivity contribution in [1.82, 2.24) is 0 Å². The van der Waals surface area contributed by atoms with Gasteiger partial charge in [0.15, 0.2) is 0 Å². The van der Waals surface area contributed by atoms with E-state index in [1.165, 1.54) is 18.4 Å². The third kappa shape index (κ3) is 8.39. The predicted molar refractivity (Wildman–Crippen MR) is 86.6 cm³/mol. The molecule has 2 heteroatoms. The maximum absolute atomic E-state index is 12.1. The van der Waals surface area contributed by atoms with E-state index in [1.807, 2.05) is 27.7 Å². The Bertz CT molecular complexity index is 312. The summed E-state index contributed by atoms with van der Waals surface area (Å²) in [5, 5.41) is 0. The molecule has 3 atom stereocenters. The van der Waals surface area contributed by atoms with Gasteiger partial charge in [-0.05, 0) is 45.4 Å². The lowest BCUT2D eigenvalue weighted by atomic mass is 9.86. The van der Waals surface area contributed by atoms with Crippen molar-refractivity contribution in [3.05, 3.63) is 12.2 Å². The zero-order valence-corrected chi connectivity index (χ0v) is 14.6. The Balaban J connectivity index is 4.28. The van der Waals surface area contributed by atoms with Gasteiger partial charge in [-0.15, -0.1) is 0 Å². The average Bonchev–Trinajstić information content (AvgIpc) is 2.25. The Hall–Kier alpha value is -0.790. The standard InChI is InChI=1S/C18H34O2/c1-9-10-13(2)11-14(3)12-15(4)16(5)17(19)20-18(6,7)8/h13,15-16H,3,9-12H2,1-2,4-8H3. The van der Waals surface area contributed by atoms with Gasteiger partial charge in [-0.3, -0.25) is 4.79 Å². The molecule has 0 radical (unpaired) electrons. The molecular formula is C18H34O2. The van der Waals surface area contributed by atoms with Gasteiger partial charge < -0.3 is 4.74 Å². The molecular weight excluding hydrogens is 248 g/mol. The molecule has 2 nitrogen and oxygen atoms in total. The number of rotatable bonds is 8. The minimum atomic E-state index is -0.405. The smallest absolute Gasteiger partial charge is 0.309 e. The lowest BCUT2D eigenvalue weighted by Crippen LogP contribution is -2.30. The Kier molecular flexibility index (Phi) is 8.15. The van der Waals surface area contributed by atoms with E-state index >= 15 is 0 Å².